The van der Waals surface area contributed by atoms with Crippen molar-refractivity contribution in [2.75, 3.05) is 0 Å². The summed E-state index contributed by atoms with van der Waals surface area (Å²) in [5.74, 6) is -0.380. The van der Waals surface area contributed by atoms with Gasteiger partial charge in [-0.15, -0.1) is 0 Å². The van der Waals surface area contributed by atoms with Gasteiger partial charge in [0.2, 0.25) is 0 Å². The van der Waals surface area contributed by atoms with E-state index in [9.17, 15) is 9.18 Å². The average Bonchev–Trinajstić information content (AvgIpc) is 2.89. The topological polar surface area (TPSA) is 68.1 Å². The average molecular weight is 298 g/mol. The number of rotatable bonds is 4. The van der Waals surface area contributed by atoms with Crippen molar-refractivity contribution in [2.45, 2.75) is 12.5 Å². The Labute approximate surface area is 126 Å². The van der Waals surface area contributed by atoms with Crippen LogP contribution in [0.4, 0.5) is 9.18 Å². The van der Waals surface area contributed by atoms with Crippen LogP contribution in [-0.4, -0.2) is 11.1 Å². The maximum atomic E-state index is 13.4. The van der Waals surface area contributed by atoms with Gasteiger partial charge < -0.3 is 15.5 Å². The van der Waals surface area contributed by atoms with Crippen molar-refractivity contribution in [2.24, 2.45) is 5.73 Å². The molecule has 0 spiro atoms. The fourth-order valence-corrected chi connectivity index (χ4v) is 2.57. The van der Waals surface area contributed by atoms with Crippen molar-refractivity contribution in [3.63, 3.8) is 0 Å². The van der Waals surface area contributed by atoms with Gasteiger partial charge in [-0.25, -0.2) is 9.18 Å². The van der Waals surface area contributed by atoms with Crippen LogP contribution in [0.5, 0.6) is 0 Å². The molecule has 0 aliphatic rings. The van der Waals surface area contributed by atoms with Gasteiger partial charge in [0, 0.05) is 23.5 Å². The Morgan fingerprint density at radius 1 is 1.23 bits per heavy atom. The Hall–Kier alpha value is -2.82. The van der Waals surface area contributed by atoms with Crippen LogP contribution in [0.3, 0.4) is 0 Å². The number of fused-ring (bicyclic) bond motifs is 1. The molecule has 1 aromatic heterocycles. The van der Waals surface area contributed by atoms with Crippen molar-refractivity contribution in [1.82, 2.24) is 4.98 Å². The number of primary amides is 1. The molecule has 4 nitrogen and oxygen atoms in total. The molecule has 0 bridgehead atoms. The van der Waals surface area contributed by atoms with E-state index in [1.165, 1.54) is 12.1 Å². The number of benzene rings is 2. The monoisotopic (exact) mass is 298 g/mol. The molecule has 3 N–H and O–H groups in total. The van der Waals surface area contributed by atoms with E-state index in [4.69, 9.17) is 10.5 Å². The molecule has 0 fully saturated rings. The number of aromatic nitrogens is 1. The molecule has 1 amide bonds. The van der Waals surface area contributed by atoms with E-state index in [2.05, 4.69) is 4.98 Å². The van der Waals surface area contributed by atoms with E-state index >= 15 is 0 Å². The molecule has 0 aliphatic carbocycles. The summed E-state index contributed by atoms with van der Waals surface area (Å²) in [6, 6.07) is 13.8. The minimum atomic E-state index is -0.880. The summed E-state index contributed by atoms with van der Waals surface area (Å²) in [6.45, 7) is 0. The third kappa shape index (κ3) is 2.93. The minimum absolute atomic E-state index is 0.380. The zero-order valence-electron chi connectivity index (χ0n) is 11.8. The van der Waals surface area contributed by atoms with Gasteiger partial charge in [-0.2, -0.15) is 0 Å². The molecule has 22 heavy (non-hydrogen) atoms. The first kappa shape index (κ1) is 14.1. The lowest BCUT2D eigenvalue weighted by Gasteiger charge is -2.17. The smallest absolute Gasteiger partial charge is 0.405 e. The molecule has 112 valence electrons. The van der Waals surface area contributed by atoms with E-state index < -0.39 is 12.2 Å². The number of carbonyl (C=O) groups excluding carboxylic acids is 1. The molecule has 0 aliphatic heterocycles. The number of aromatic amines is 1. The first-order chi connectivity index (χ1) is 10.6. The Morgan fingerprint density at radius 2 is 2.05 bits per heavy atom. The van der Waals surface area contributed by atoms with E-state index in [1.54, 1.807) is 12.1 Å². The zero-order chi connectivity index (χ0) is 15.5. The number of halogens is 1. The SMILES string of the molecule is NC(=O)OC(Cc1c[nH]c2ccccc12)c1cccc(F)c1. The molecule has 5 heteroatoms. The highest BCUT2D eigenvalue weighted by atomic mass is 19.1. The van der Waals surface area contributed by atoms with Gasteiger partial charge in [0.25, 0.3) is 0 Å². The highest BCUT2D eigenvalue weighted by Gasteiger charge is 2.18. The Balaban J connectivity index is 1.94. The number of nitrogens with one attached hydrogen (secondary N) is 1. The summed E-state index contributed by atoms with van der Waals surface area (Å²) < 4.78 is 18.6. The van der Waals surface area contributed by atoms with Crippen LogP contribution in [0.15, 0.2) is 54.7 Å². The van der Waals surface area contributed by atoms with Gasteiger partial charge in [-0.05, 0) is 29.3 Å². The van der Waals surface area contributed by atoms with Crippen LogP contribution >= 0.6 is 0 Å². The molecule has 1 heterocycles. The number of carbonyl (C=O) groups is 1. The lowest BCUT2D eigenvalue weighted by molar-refractivity contribution is 0.106. The Morgan fingerprint density at radius 3 is 2.82 bits per heavy atom. The van der Waals surface area contributed by atoms with Crippen LogP contribution in [0.25, 0.3) is 10.9 Å². The first-order valence-corrected chi connectivity index (χ1v) is 6.90. The number of amides is 1. The zero-order valence-corrected chi connectivity index (χ0v) is 11.8. The van der Waals surface area contributed by atoms with E-state index in [0.717, 1.165) is 16.5 Å². The summed E-state index contributed by atoms with van der Waals surface area (Å²) in [5, 5.41) is 1.04. The molecule has 3 rings (SSSR count). The van der Waals surface area contributed by atoms with Gasteiger partial charge in [-0.1, -0.05) is 30.3 Å². The summed E-state index contributed by atoms with van der Waals surface area (Å²) in [5.41, 5.74) is 7.69. The van der Waals surface area contributed by atoms with Crippen molar-refractivity contribution in [3.05, 3.63) is 71.7 Å². The number of hydrogen-bond donors (Lipinski definition) is 2. The maximum absolute atomic E-state index is 13.4. The second-order valence-corrected chi connectivity index (χ2v) is 5.04. The molecular weight excluding hydrogens is 283 g/mol. The van der Waals surface area contributed by atoms with E-state index in [1.807, 2.05) is 30.5 Å². The predicted octanol–water partition coefficient (Wildman–Crippen LogP) is 3.69. The van der Waals surface area contributed by atoms with Crippen LogP contribution in [0, 0.1) is 5.82 Å². The largest absolute Gasteiger partial charge is 0.441 e. The highest BCUT2D eigenvalue weighted by molar-refractivity contribution is 5.83. The van der Waals surface area contributed by atoms with Crippen LogP contribution in [0.1, 0.15) is 17.2 Å². The van der Waals surface area contributed by atoms with E-state index in [0.29, 0.717) is 12.0 Å². The second-order valence-electron chi connectivity index (χ2n) is 5.04. The molecule has 0 radical (unpaired) electrons. The van der Waals surface area contributed by atoms with Gasteiger partial charge >= 0.3 is 6.09 Å². The number of nitrogens with two attached hydrogens (primary N) is 1. The Bertz CT molecular complexity index is 813. The first-order valence-electron chi connectivity index (χ1n) is 6.90. The molecule has 2 aromatic carbocycles. The minimum Gasteiger partial charge on any atom is -0.441 e. The lowest BCUT2D eigenvalue weighted by Crippen LogP contribution is -2.19. The summed E-state index contributed by atoms with van der Waals surface area (Å²) in [6.07, 6.45) is 0.763. The molecular formula is C17H15FN2O2. The molecule has 1 atom stereocenters. The van der Waals surface area contributed by atoms with E-state index in [-0.39, 0.29) is 5.82 Å². The number of ether oxygens (including phenoxy) is 1. The molecule has 1 unspecified atom stereocenters. The van der Waals surface area contributed by atoms with Crippen molar-refractivity contribution in [1.29, 1.82) is 0 Å². The standard InChI is InChI=1S/C17H15FN2O2/c18-13-5-3-4-11(8-13)16(22-17(19)21)9-12-10-20-15-7-2-1-6-14(12)15/h1-8,10,16,20H,9H2,(H2,19,21). The quantitative estimate of drug-likeness (QED) is 0.771. The third-order valence-electron chi connectivity index (χ3n) is 3.56. The number of H-pyrrole nitrogens is 1. The second kappa shape index (κ2) is 5.89. The van der Waals surface area contributed by atoms with Crippen LogP contribution in [0.2, 0.25) is 0 Å². The predicted molar refractivity (Wildman–Crippen MR) is 81.8 cm³/mol. The van der Waals surface area contributed by atoms with Gasteiger partial charge in [0.1, 0.15) is 11.9 Å². The highest BCUT2D eigenvalue weighted by Crippen LogP contribution is 2.27. The molecule has 0 saturated carbocycles. The van der Waals surface area contributed by atoms with Crippen molar-refractivity contribution in [3.8, 4) is 0 Å². The summed E-state index contributed by atoms with van der Waals surface area (Å²) >= 11 is 0. The van der Waals surface area contributed by atoms with Gasteiger partial charge in [0.15, 0.2) is 0 Å². The van der Waals surface area contributed by atoms with Gasteiger partial charge in [-0.3, -0.25) is 0 Å². The summed E-state index contributed by atoms with van der Waals surface area (Å²) in [7, 11) is 0. The number of para-hydroxylation sites is 1. The number of hydrogen-bond acceptors (Lipinski definition) is 2. The van der Waals surface area contributed by atoms with Crippen LogP contribution in [-0.2, 0) is 11.2 Å². The molecule has 3 aromatic rings. The maximum Gasteiger partial charge on any atom is 0.405 e. The van der Waals surface area contributed by atoms with Crippen molar-refractivity contribution >= 4 is 17.0 Å². The van der Waals surface area contributed by atoms with Crippen molar-refractivity contribution < 1.29 is 13.9 Å². The normalized spacial score (nSPS) is 12.2. The summed E-state index contributed by atoms with van der Waals surface area (Å²) in [4.78, 5) is 14.3. The fraction of sp³-hybridized carbons (Fsp3) is 0.118. The third-order valence-corrected chi connectivity index (χ3v) is 3.56. The Kier molecular flexibility index (Phi) is 3.78. The lowest BCUT2D eigenvalue weighted by atomic mass is 10.0. The molecule has 0 saturated heterocycles. The fourth-order valence-electron chi connectivity index (χ4n) is 2.57. The van der Waals surface area contributed by atoms with Crippen LogP contribution < -0.4 is 5.73 Å². The van der Waals surface area contributed by atoms with Gasteiger partial charge in [0.05, 0.1) is 0 Å².